The van der Waals surface area contributed by atoms with E-state index >= 15 is 0 Å². The third kappa shape index (κ3) is 3.25. The van der Waals surface area contributed by atoms with Crippen LogP contribution in [0.15, 0.2) is 23.1 Å². The third-order valence-electron chi connectivity index (χ3n) is 3.41. The number of hydrogen-bond acceptors (Lipinski definition) is 4. The Hall–Kier alpha value is -0.820. The number of piperazine rings is 1. The highest BCUT2D eigenvalue weighted by molar-refractivity contribution is 7.89. The number of hydrogen-bond donors (Lipinski definition) is 1. The van der Waals surface area contributed by atoms with Gasteiger partial charge < -0.3 is 10.1 Å². The molecule has 2 rings (SSSR count). The van der Waals surface area contributed by atoms with Crippen molar-refractivity contribution in [2.24, 2.45) is 0 Å². The van der Waals surface area contributed by atoms with E-state index in [4.69, 9.17) is 4.74 Å². The van der Waals surface area contributed by atoms with E-state index in [0.29, 0.717) is 35.8 Å². The van der Waals surface area contributed by atoms with E-state index in [1.54, 1.807) is 36.5 Å². The summed E-state index contributed by atoms with van der Waals surface area (Å²) in [5.41, 5.74) is 0.713. The van der Waals surface area contributed by atoms with Crippen LogP contribution in [0.1, 0.15) is 12.5 Å². The molecular formula is C13H21ClN2O3S. The lowest BCUT2D eigenvalue weighted by Gasteiger charge is -2.33. The summed E-state index contributed by atoms with van der Waals surface area (Å²) in [4.78, 5) is 0.363. The Balaban J connectivity index is 0.00000200. The second-order valence-electron chi connectivity index (χ2n) is 4.80. The van der Waals surface area contributed by atoms with Crippen LogP contribution < -0.4 is 10.1 Å². The van der Waals surface area contributed by atoms with Gasteiger partial charge in [0.05, 0.1) is 12.0 Å². The van der Waals surface area contributed by atoms with Gasteiger partial charge in [0.25, 0.3) is 0 Å². The van der Waals surface area contributed by atoms with Crippen molar-refractivity contribution < 1.29 is 13.2 Å². The van der Waals surface area contributed by atoms with E-state index in [9.17, 15) is 8.42 Å². The van der Waals surface area contributed by atoms with Crippen molar-refractivity contribution in [1.82, 2.24) is 9.62 Å². The molecule has 5 nitrogen and oxygen atoms in total. The molecule has 1 saturated heterocycles. The fraction of sp³-hybridized carbons (Fsp3) is 0.538. The van der Waals surface area contributed by atoms with Crippen molar-refractivity contribution in [3.63, 3.8) is 0 Å². The number of nitrogens with zero attached hydrogens (tertiary/aromatic N) is 1. The number of aryl methyl sites for hydroxylation is 1. The molecule has 1 N–H and O–H groups in total. The van der Waals surface area contributed by atoms with Gasteiger partial charge in [-0.1, -0.05) is 0 Å². The van der Waals surface area contributed by atoms with E-state index in [0.717, 1.165) is 0 Å². The van der Waals surface area contributed by atoms with Crippen LogP contribution in [-0.4, -0.2) is 45.5 Å². The van der Waals surface area contributed by atoms with Crippen LogP contribution in [-0.2, 0) is 10.0 Å². The topological polar surface area (TPSA) is 58.6 Å². The molecule has 1 unspecified atom stereocenters. The first-order chi connectivity index (χ1) is 8.96. The Morgan fingerprint density at radius 1 is 1.40 bits per heavy atom. The summed E-state index contributed by atoms with van der Waals surface area (Å²) < 4.78 is 32.0. The molecular weight excluding hydrogens is 300 g/mol. The van der Waals surface area contributed by atoms with Crippen molar-refractivity contribution in [3.8, 4) is 5.75 Å². The maximum Gasteiger partial charge on any atom is 0.243 e. The van der Waals surface area contributed by atoms with Crippen LogP contribution in [0.25, 0.3) is 0 Å². The highest BCUT2D eigenvalue weighted by Gasteiger charge is 2.31. The number of nitrogens with one attached hydrogen (secondary N) is 1. The molecule has 1 heterocycles. The first kappa shape index (κ1) is 17.2. The molecule has 7 heteroatoms. The fourth-order valence-electron chi connectivity index (χ4n) is 2.34. The van der Waals surface area contributed by atoms with E-state index < -0.39 is 10.0 Å². The Morgan fingerprint density at radius 3 is 2.65 bits per heavy atom. The lowest BCUT2D eigenvalue weighted by Crippen LogP contribution is -2.52. The van der Waals surface area contributed by atoms with Gasteiger partial charge in [0, 0.05) is 25.7 Å². The van der Waals surface area contributed by atoms with E-state index in [-0.39, 0.29) is 18.4 Å². The molecule has 114 valence electrons. The first-order valence-electron chi connectivity index (χ1n) is 6.34. The Kier molecular flexibility index (Phi) is 5.82. The summed E-state index contributed by atoms with van der Waals surface area (Å²) in [6.07, 6.45) is 0. The van der Waals surface area contributed by atoms with Gasteiger partial charge in [-0.15, -0.1) is 12.4 Å². The van der Waals surface area contributed by atoms with Gasteiger partial charge in [0.1, 0.15) is 5.75 Å². The molecule has 1 fully saturated rings. The molecule has 0 radical (unpaired) electrons. The Labute approximate surface area is 126 Å². The maximum atomic E-state index is 12.7. The lowest BCUT2D eigenvalue weighted by molar-refractivity contribution is 0.283. The van der Waals surface area contributed by atoms with Gasteiger partial charge in [-0.3, -0.25) is 0 Å². The predicted molar refractivity (Wildman–Crippen MR) is 81.2 cm³/mol. The largest absolute Gasteiger partial charge is 0.497 e. The summed E-state index contributed by atoms with van der Waals surface area (Å²) >= 11 is 0. The van der Waals surface area contributed by atoms with Crippen molar-refractivity contribution in [2.75, 3.05) is 26.7 Å². The van der Waals surface area contributed by atoms with Crippen molar-refractivity contribution in [3.05, 3.63) is 23.8 Å². The summed E-state index contributed by atoms with van der Waals surface area (Å²) in [5, 5.41) is 3.19. The number of halogens is 1. The van der Waals surface area contributed by atoms with Gasteiger partial charge in [-0.05, 0) is 37.6 Å². The quantitative estimate of drug-likeness (QED) is 0.915. The van der Waals surface area contributed by atoms with Gasteiger partial charge in [-0.25, -0.2) is 8.42 Å². The Morgan fingerprint density at radius 2 is 2.10 bits per heavy atom. The summed E-state index contributed by atoms with van der Waals surface area (Å²) in [7, 11) is -1.86. The molecule has 0 aromatic heterocycles. The maximum absolute atomic E-state index is 12.7. The molecule has 1 aromatic rings. The lowest BCUT2D eigenvalue weighted by atomic mass is 10.2. The number of rotatable bonds is 3. The number of ether oxygens (including phenoxy) is 1. The van der Waals surface area contributed by atoms with Gasteiger partial charge in [0.15, 0.2) is 0 Å². The minimum Gasteiger partial charge on any atom is -0.497 e. The fourth-order valence-corrected chi connectivity index (χ4v) is 4.18. The molecule has 0 saturated carbocycles. The summed E-state index contributed by atoms with van der Waals surface area (Å²) in [6.45, 7) is 5.60. The van der Waals surface area contributed by atoms with Crippen LogP contribution >= 0.6 is 12.4 Å². The molecule has 0 bridgehead atoms. The van der Waals surface area contributed by atoms with Crippen LogP contribution in [0.5, 0.6) is 5.75 Å². The number of benzene rings is 1. The molecule has 0 aliphatic carbocycles. The highest BCUT2D eigenvalue weighted by Crippen LogP contribution is 2.25. The molecule has 1 atom stereocenters. The minimum absolute atomic E-state index is 0. The van der Waals surface area contributed by atoms with E-state index in [1.165, 1.54) is 0 Å². The third-order valence-corrected chi connectivity index (χ3v) is 5.58. The second-order valence-corrected chi connectivity index (χ2v) is 6.66. The zero-order valence-electron chi connectivity index (χ0n) is 11.9. The van der Waals surface area contributed by atoms with Gasteiger partial charge >= 0.3 is 0 Å². The van der Waals surface area contributed by atoms with Crippen LogP contribution in [0, 0.1) is 6.92 Å². The standard InChI is InChI=1S/C13H20N2O3S.ClH/c1-10-8-12(18-3)4-5-13(10)19(16,17)15-7-6-14-9-11(15)2;/h4-5,8,11,14H,6-7,9H2,1-3H3;1H. The summed E-state index contributed by atoms with van der Waals surface area (Å²) in [5.74, 6) is 0.671. The van der Waals surface area contributed by atoms with Gasteiger partial charge in [-0.2, -0.15) is 4.31 Å². The second kappa shape index (κ2) is 6.76. The van der Waals surface area contributed by atoms with Crippen LogP contribution in [0.3, 0.4) is 0 Å². The highest BCUT2D eigenvalue weighted by atomic mass is 35.5. The smallest absolute Gasteiger partial charge is 0.243 e. The number of methoxy groups -OCH3 is 1. The van der Waals surface area contributed by atoms with Gasteiger partial charge in [0.2, 0.25) is 10.0 Å². The SMILES string of the molecule is COc1ccc(S(=O)(=O)N2CCNCC2C)c(C)c1.Cl. The molecule has 1 aromatic carbocycles. The minimum atomic E-state index is -3.43. The zero-order chi connectivity index (χ0) is 14.0. The average Bonchev–Trinajstić information content (AvgIpc) is 2.38. The Bertz CT molecular complexity index is 563. The average molecular weight is 321 g/mol. The van der Waals surface area contributed by atoms with Crippen molar-refractivity contribution >= 4 is 22.4 Å². The van der Waals surface area contributed by atoms with Crippen molar-refractivity contribution in [1.29, 1.82) is 0 Å². The first-order valence-corrected chi connectivity index (χ1v) is 7.78. The molecule has 0 amide bonds. The molecule has 20 heavy (non-hydrogen) atoms. The monoisotopic (exact) mass is 320 g/mol. The molecule has 0 spiro atoms. The van der Waals surface area contributed by atoms with E-state index in [2.05, 4.69) is 5.32 Å². The molecule has 1 aliphatic rings. The molecule has 1 aliphatic heterocycles. The van der Waals surface area contributed by atoms with Crippen molar-refractivity contribution in [2.45, 2.75) is 24.8 Å². The number of sulfonamides is 1. The summed E-state index contributed by atoms with van der Waals surface area (Å²) in [6, 6.07) is 5.03. The van der Waals surface area contributed by atoms with E-state index in [1.807, 2.05) is 6.92 Å². The normalized spacial score (nSPS) is 20.2. The zero-order valence-corrected chi connectivity index (χ0v) is 13.6. The van der Waals surface area contributed by atoms with Crippen LogP contribution in [0.2, 0.25) is 0 Å². The van der Waals surface area contributed by atoms with Crippen LogP contribution in [0.4, 0.5) is 0 Å². The predicted octanol–water partition coefficient (Wildman–Crippen LogP) is 1.41.